The van der Waals surface area contributed by atoms with Gasteiger partial charge in [0.2, 0.25) is 53.2 Å². The van der Waals surface area contributed by atoms with Gasteiger partial charge in [-0.3, -0.25) is 52.7 Å². The van der Waals surface area contributed by atoms with Crippen LogP contribution < -0.4 is 53.4 Å². The highest BCUT2D eigenvalue weighted by molar-refractivity contribution is 7.98. The van der Waals surface area contributed by atoms with Crippen molar-refractivity contribution in [2.45, 2.75) is 151 Å². The van der Waals surface area contributed by atoms with Crippen molar-refractivity contribution in [2.24, 2.45) is 22.5 Å². The molecule has 0 aromatic heterocycles. The molecule has 9 atom stereocenters. The zero-order chi connectivity index (χ0) is 59.9. The molecule has 4 aliphatic rings. The molecule has 13 N–H and O–H groups in total. The number of carbonyl (C=O) groups is 11. The van der Waals surface area contributed by atoms with Gasteiger partial charge in [0.05, 0.1) is 19.6 Å². The van der Waals surface area contributed by atoms with Crippen molar-refractivity contribution in [1.82, 2.24) is 47.0 Å². The van der Waals surface area contributed by atoms with Gasteiger partial charge in [0.25, 0.3) is 5.91 Å². The maximum atomic E-state index is 14.8. The first kappa shape index (κ1) is 65.8. The molecule has 0 aliphatic carbocycles. The van der Waals surface area contributed by atoms with Crippen molar-refractivity contribution in [2.75, 3.05) is 51.0 Å². The third kappa shape index (κ3) is 20.2. The lowest BCUT2D eigenvalue weighted by Crippen LogP contribution is -2.61. The Hall–Kier alpha value is -6.98. The van der Waals surface area contributed by atoms with Crippen LogP contribution in [0.5, 0.6) is 5.75 Å². The number of carbonyl (C=O) groups excluding carboxylic acids is 10. The first-order valence-corrected chi connectivity index (χ1v) is 29.8. The number of primary amides is 1. The largest absolute Gasteiger partial charge is 0.494 e. The Bertz CT molecular complexity index is 2520. The zero-order valence-corrected chi connectivity index (χ0v) is 48.0. The highest BCUT2D eigenvalue weighted by Crippen LogP contribution is 2.27. The predicted molar refractivity (Wildman–Crippen MR) is 302 cm³/mol. The van der Waals surface area contributed by atoms with Gasteiger partial charge in [0.1, 0.15) is 72.9 Å². The maximum absolute atomic E-state index is 14.8. The standard InChI is InChI=1S/C53H78N12O15S2/c1-30(2)44-53(78)65-17-11-14-41(65)51(76)60-37(25-66)49(74)61-38(45(55)70)28-81-26-32-20-33-22-34(21-32)79-18-8-4-5-9-19-80-56-24-42(67)58-35(12-6-7-15-54)47(72)62-39(29-82-27-33)52(77)64-16-10-13-40(64)50(75)57-31(3)46(71)59-36(23-43(68)69)48(73)63-44/h6,12,20-22,24,30-31,35-41,44,66H,4-5,7-11,13-19,23,25-29,54H2,1-3H3,(H2,55,70)(H,57,75)(H,58,67)(H,59,71)(H,60,76)(H,61,74)(H,62,72)(H,63,73)(H,68,69)/b12-6+,56-24+/t31-,35-,36-,37-,38-,39-,40-,41-,44-/m0/s1. The van der Waals surface area contributed by atoms with Gasteiger partial charge in [-0.2, -0.15) is 23.5 Å². The van der Waals surface area contributed by atoms with E-state index >= 15 is 0 Å². The van der Waals surface area contributed by atoms with Crippen LogP contribution in [0.2, 0.25) is 0 Å². The van der Waals surface area contributed by atoms with Crippen molar-refractivity contribution in [3.63, 3.8) is 0 Å². The van der Waals surface area contributed by atoms with Gasteiger partial charge in [-0.05, 0) is 100 Å². The van der Waals surface area contributed by atoms with Gasteiger partial charge in [-0.25, -0.2) is 0 Å². The molecule has 4 heterocycles. The summed E-state index contributed by atoms with van der Waals surface area (Å²) >= 11 is 2.51. The summed E-state index contributed by atoms with van der Waals surface area (Å²) in [5.41, 5.74) is 13.0. The van der Waals surface area contributed by atoms with Crippen LogP contribution in [0.25, 0.3) is 0 Å². The molecule has 452 valence electrons. The monoisotopic (exact) mass is 1190 g/mol. The van der Waals surface area contributed by atoms with Crippen molar-refractivity contribution in [3.8, 4) is 5.75 Å². The predicted octanol–water partition coefficient (Wildman–Crippen LogP) is -1.97. The van der Waals surface area contributed by atoms with Gasteiger partial charge >= 0.3 is 5.97 Å². The third-order valence-electron chi connectivity index (χ3n) is 13.8. The zero-order valence-electron chi connectivity index (χ0n) is 46.4. The molecular formula is C53H78N12O15S2. The summed E-state index contributed by atoms with van der Waals surface area (Å²) in [6.07, 6.45) is 7.16. The molecule has 0 saturated carbocycles. The highest BCUT2D eigenvalue weighted by Gasteiger charge is 2.42. The third-order valence-corrected chi connectivity index (χ3v) is 16.0. The van der Waals surface area contributed by atoms with Crippen molar-refractivity contribution < 1.29 is 72.5 Å². The minimum atomic E-state index is -1.78. The number of ether oxygens (including phenoxy) is 1. The second-order valence-electron chi connectivity index (χ2n) is 20.6. The average Bonchev–Trinajstić information content (AvgIpc) is 4.21. The number of carboxylic acid groups (broad SMARTS) is 1. The van der Waals surface area contributed by atoms with Crippen LogP contribution in [0, 0.1) is 5.92 Å². The van der Waals surface area contributed by atoms with E-state index in [-0.39, 0.29) is 62.1 Å². The molecule has 2 fully saturated rings. The van der Waals surface area contributed by atoms with E-state index in [0.29, 0.717) is 44.5 Å². The molecule has 1 aromatic carbocycles. The summed E-state index contributed by atoms with van der Waals surface area (Å²) in [4.78, 5) is 158. The van der Waals surface area contributed by atoms with Gasteiger partial charge in [-0.1, -0.05) is 37.2 Å². The van der Waals surface area contributed by atoms with Crippen molar-refractivity contribution >= 4 is 94.8 Å². The molecule has 0 radical (unpaired) electrons. The van der Waals surface area contributed by atoms with Gasteiger partial charge in [0.15, 0.2) is 0 Å². The number of carboxylic acids is 1. The lowest BCUT2D eigenvalue weighted by molar-refractivity contribution is -0.144. The summed E-state index contributed by atoms with van der Waals surface area (Å²) in [5.74, 6) is -9.58. The number of nitrogens with one attached hydrogen (secondary N) is 7. The molecule has 5 rings (SSSR count). The number of amides is 10. The van der Waals surface area contributed by atoms with Crippen molar-refractivity contribution in [1.29, 1.82) is 0 Å². The summed E-state index contributed by atoms with van der Waals surface area (Å²) < 4.78 is 6.22. The Morgan fingerprint density at radius 1 is 0.732 bits per heavy atom. The van der Waals surface area contributed by atoms with Gasteiger partial charge in [-0.15, -0.1) is 0 Å². The van der Waals surface area contributed by atoms with E-state index in [0.717, 1.165) is 30.2 Å². The fourth-order valence-corrected chi connectivity index (χ4v) is 11.4. The SMILES string of the molecule is CC(C)[C@@H]1NC(=O)[C@H](CC(=O)O)NC(=O)[C@H](C)NC(=O)[C@@H]2CCCN2C(=O)[C@@H]2CSCc3cc(cc(c3)OCCCCCCO/N=C/C(=O)N[C@@H](/C=C/CCN)C(=O)N2)CSC[C@@H](C(N)=O)NC(=O)[C@H](CO)NC(=O)[C@@H]2CCCN2C1=O. The number of fused-ring (bicyclic) bond motifs is 7. The number of benzene rings is 1. The molecule has 0 unspecified atom stereocenters. The smallest absolute Gasteiger partial charge is 0.305 e. The van der Waals surface area contributed by atoms with Crippen LogP contribution in [0.1, 0.15) is 96.1 Å². The molecule has 4 aliphatic heterocycles. The lowest BCUT2D eigenvalue weighted by atomic mass is 10.0. The number of aliphatic hydroxyl groups is 1. The summed E-state index contributed by atoms with van der Waals surface area (Å²) in [6, 6.07) is -6.82. The number of aliphatic hydroxyl groups excluding tert-OH is 1. The van der Waals surface area contributed by atoms with Crippen LogP contribution in [-0.4, -0.2) is 197 Å². The maximum Gasteiger partial charge on any atom is 0.305 e. The Kier molecular flexibility index (Phi) is 26.7. The normalized spacial score (nSPS) is 27.7. The molecule has 27 nitrogen and oxygen atoms in total. The number of hydrogen-bond donors (Lipinski definition) is 11. The van der Waals surface area contributed by atoms with E-state index in [4.69, 9.17) is 21.0 Å². The Balaban J connectivity index is 1.52. The molecule has 82 heavy (non-hydrogen) atoms. The molecule has 10 amide bonds. The second kappa shape index (κ2) is 33.2. The summed E-state index contributed by atoms with van der Waals surface area (Å²) in [6.45, 7) is 4.50. The van der Waals surface area contributed by atoms with Crippen LogP contribution >= 0.6 is 23.5 Å². The minimum Gasteiger partial charge on any atom is -0.494 e. The number of nitrogens with two attached hydrogens (primary N) is 2. The number of aliphatic carboxylic acids is 1. The first-order valence-electron chi connectivity index (χ1n) is 27.5. The quantitative estimate of drug-likeness (QED) is 0.126. The topological polar surface area (TPSA) is 402 Å². The minimum absolute atomic E-state index is 0.0393. The Morgan fingerprint density at radius 2 is 1.34 bits per heavy atom. The number of oxime groups is 1. The van der Waals surface area contributed by atoms with Crippen molar-refractivity contribution in [3.05, 3.63) is 41.5 Å². The molecule has 1 aromatic rings. The average molecular weight is 1190 g/mol. The Morgan fingerprint density at radius 3 is 1.96 bits per heavy atom. The summed E-state index contributed by atoms with van der Waals surface area (Å²) in [7, 11) is 0. The van der Waals surface area contributed by atoms with E-state index in [1.54, 1.807) is 19.9 Å². The number of nitrogens with zero attached hydrogens (tertiary/aromatic N) is 3. The fourth-order valence-electron chi connectivity index (χ4n) is 9.41. The van der Waals surface area contributed by atoms with Crippen LogP contribution in [0.4, 0.5) is 0 Å². The fraction of sp³-hybridized carbons (Fsp3) is 0.623. The highest BCUT2D eigenvalue weighted by atomic mass is 32.2. The van der Waals surface area contributed by atoms with E-state index in [1.165, 1.54) is 46.3 Å². The summed E-state index contributed by atoms with van der Waals surface area (Å²) in [5, 5.41) is 41.7. The molecule has 2 saturated heterocycles. The first-order chi connectivity index (χ1) is 39.2. The van der Waals surface area contributed by atoms with Gasteiger partial charge in [0, 0.05) is 36.1 Å². The lowest BCUT2D eigenvalue weighted by Gasteiger charge is -2.32. The molecule has 4 bridgehead atoms. The van der Waals surface area contributed by atoms with E-state index in [2.05, 4.69) is 42.4 Å². The van der Waals surface area contributed by atoms with Crippen LogP contribution in [0.3, 0.4) is 0 Å². The number of thioether (sulfide) groups is 2. The number of hydrogen-bond acceptors (Lipinski definition) is 18. The number of rotatable bonds is 8. The molecule has 0 spiro atoms. The van der Waals surface area contributed by atoms with Gasteiger partial charge < -0.3 is 78.3 Å². The molecule has 29 heteroatoms. The Labute approximate surface area is 484 Å². The van der Waals surface area contributed by atoms with Crippen LogP contribution in [-0.2, 0) is 69.1 Å². The molecular weight excluding hydrogens is 1110 g/mol. The van der Waals surface area contributed by atoms with E-state index < -0.39 is 138 Å². The van der Waals surface area contributed by atoms with E-state index in [1.807, 2.05) is 18.2 Å². The second-order valence-corrected chi connectivity index (χ2v) is 22.7. The van der Waals surface area contributed by atoms with Crippen LogP contribution in [0.15, 0.2) is 35.5 Å². The van der Waals surface area contributed by atoms with E-state index in [9.17, 15) is 63.0 Å².